The van der Waals surface area contributed by atoms with Gasteiger partial charge in [0, 0.05) is 23.7 Å². The van der Waals surface area contributed by atoms with Crippen molar-refractivity contribution in [1.29, 1.82) is 0 Å². The highest BCUT2D eigenvalue weighted by molar-refractivity contribution is 6.30. The van der Waals surface area contributed by atoms with Crippen molar-refractivity contribution in [3.63, 3.8) is 0 Å². The zero-order chi connectivity index (χ0) is 12.9. The molecule has 96 valence electrons. The lowest BCUT2D eigenvalue weighted by Gasteiger charge is -2.30. The maximum Gasteiger partial charge on any atom is 0.0409 e. The predicted octanol–water partition coefficient (Wildman–Crippen LogP) is 3.29. The van der Waals surface area contributed by atoms with Crippen LogP contribution in [0, 0.1) is 0 Å². The molecule has 2 nitrogen and oxygen atoms in total. The van der Waals surface area contributed by atoms with Gasteiger partial charge in [-0.25, -0.2) is 0 Å². The minimum Gasteiger partial charge on any atom is -0.324 e. The number of nitrogens with two attached hydrogens (primary N) is 1. The van der Waals surface area contributed by atoms with E-state index in [4.69, 9.17) is 17.3 Å². The van der Waals surface area contributed by atoms with E-state index < -0.39 is 0 Å². The molecule has 1 atom stereocenters. The van der Waals surface area contributed by atoms with Crippen LogP contribution < -0.4 is 5.73 Å². The van der Waals surface area contributed by atoms with Crippen LogP contribution in [0.5, 0.6) is 0 Å². The van der Waals surface area contributed by atoms with Gasteiger partial charge in [-0.2, -0.15) is 0 Å². The maximum absolute atomic E-state index is 6.24. The fourth-order valence-electron chi connectivity index (χ4n) is 2.27. The van der Waals surface area contributed by atoms with Crippen LogP contribution in [-0.2, 0) is 6.54 Å². The lowest BCUT2D eigenvalue weighted by atomic mass is 9.97. The van der Waals surface area contributed by atoms with Crippen molar-refractivity contribution in [1.82, 2.24) is 4.90 Å². The van der Waals surface area contributed by atoms with Gasteiger partial charge in [0.15, 0.2) is 0 Å². The zero-order valence-electron chi connectivity index (χ0n) is 11.0. The van der Waals surface area contributed by atoms with Gasteiger partial charge in [-0.1, -0.05) is 37.1 Å². The average Bonchev–Trinajstić information content (AvgIpc) is 2.15. The van der Waals surface area contributed by atoms with Crippen LogP contribution >= 0.6 is 11.6 Å². The molecule has 0 radical (unpaired) electrons. The number of hydrogen-bond donors (Lipinski definition) is 1. The van der Waals surface area contributed by atoms with Crippen LogP contribution in [-0.4, -0.2) is 24.0 Å². The Morgan fingerprint density at radius 2 is 2.12 bits per heavy atom. The van der Waals surface area contributed by atoms with Gasteiger partial charge >= 0.3 is 0 Å². The Morgan fingerprint density at radius 1 is 1.41 bits per heavy atom. The van der Waals surface area contributed by atoms with Crippen molar-refractivity contribution < 1.29 is 0 Å². The minimum atomic E-state index is -0.109. The van der Waals surface area contributed by atoms with Crippen LogP contribution in [0.1, 0.15) is 32.3 Å². The van der Waals surface area contributed by atoms with E-state index in [9.17, 15) is 0 Å². The van der Waals surface area contributed by atoms with Gasteiger partial charge in [-0.05, 0) is 38.1 Å². The fourth-order valence-corrected chi connectivity index (χ4v) is 2.48. The summed E-state index contributed by atoms with van der Waals surface area (Å²) in [6.45, 7) is 6.07. The molecule has 0 saturated heterocycles. The van der Waals surface area contributed by atoms with Crippen LogP contribution in [0.15, 0.2) is 24.3 Å². The second kappa shape index (κ2) is 6.39. The van der Waals surface area contributed by atoms with Crippen molar-refractivity contribution in [2.24, 2.45) is 5.73 Å². The van der Waals surface area contributed by atoms with Gasteiger partial charge in [0.05, 0.1) is 0 Å². The van der Waals surface area contributed by atoms with Crippen molar-refractivity contribution in [2.45, 2.75) is 38.8 Å². The topological polar surface area (TPSA) is 29.3 Å². The molecular weight excluding hydrogens is 232 g/mol. The number of likely N-dealkylation sites (N-methyl/N-ethyl adjacent to an activating group) is 1. The fraction of sp³-hybridized carbons (Fsp3) is 0.571. The van der Waals surface area contributed by atoms with Crippen LogP contribution in [0.25, 0.3) is 0 Å². The van der Waals surface area contributed by atoms with Crippen molar-refractivity contribution in [3.8, 4) is 0 Å². The molecule has 3 heteroatoms. The lowest BCUT2D eigenvalue weighted by Crippen LogP contribution is -2.46. The van der Waals surface area contributed by atoms with Crippen molar-refractivity contribution >= 4 is 11.6 Å². The van der Waals surface area contributed by atoms with Gasteiger partial charge in [0.25, 0.3) is 0 Å². The number of hydrogen-bond acceptors (Lipinski definition) is 2. The highest BCUT2D eigenvalue weighted by Crippen LogP contribution is 2.15. The maximum atomic E-state index is 6.24. The summed E-state index contributed by atoms with van der Waals surface area (Å²) in [5, 5.41) is 0.792. The molecule has 0 amide bonds. The monoisotopic (exact) mass is 254 g/mol. The SMILES string of the molecule is CCCC(C)(N)CN(C)Cc1cccc(Cl)c1. The molecule has 1 rings (SSSR count). The van der Waals surface area contributed by atoms with E-state index in [1.807, 2.05) is 18.2 Å². The normalized spacial score (nSPS) is 14.9. The average molecular weight is 255 g/mol. The molecule has 0 aliphatic rings. The molecule has 0 saturated carbocycles. The van der Waals surface area contributed by atoms with Crippen molar-refractivity contribution in [3.05, 3.63) is 34.9 Å². The molecule has 0 bridgehead atoms. The number of rotatable bonds is 6. The smallest absolute Gasteiger partial charge is 0.0409 e. The largest absolute Gasteiger partial charge is 0.324 e. The Morgan fingerprint density at radius 3 is 2.71 bits per heavy atom. The molecule has 0 spiro atoms. The molecule has 17 heavy (non-hydrogen) atoms. The number of benzene rings is 1. The minimum absolute atomic E-state index is 0.109. The summed E-state index contributed by atoms with van der Waals surface area (Å²) in [6, 6.07) is 7.98. The lowest BCUT2D eigenvalue weighted by molar-refractivity contribution is 0.241. The second-order valence-corrected chi connectivity index (χ2v) is 5.64. The molecule has 0 aliphatic heterocycles. The molecule has 0 heterocycles. The first-order valence-electron chi connectivity index (χ1n) is 6.15. The Balaban J connectivity index is 2.52. The van der Waals surface area contributed by atoms with Crippen LogP contribution in [0.2, 0.25) is 5.02 Å². The summed E-state index contributed by atoms with van der Waals surface area (Å²) in [6.07, 6.45) is 2.17. The third kappa shape index (κ3) is 5.53. The standard InChI is InChI=1S/C14H23ClN2/c1-4-8-14(2,16)11-17(3)10-12-6-5-7-13(15)9-12/h5-7,9H,4,8,10-11,16H2,1-3H3. The van der Waals surface area contributed by atoms with Crippen LogP contribution in [0.3, 0.4) is 0 Å². The third-order valence-corrected chi connectivity index (χ3v) is 3.03. The van der Waals surface area contributed by atoms with Crippen LogP contribution in [0.4, 0.5) is 0 Å². The summed E-state index contributed by atoms with van der Waals surface area (Å²) in [5.74, 6) is 0. The Labute approximate surface area is 110 Å². The van der Waals surface area contributed by atoms with E-state index >= 15 is 0 Å². The number of halogens is 1. The Kier molecular flexibility index (Phi) is 5.44. The summed E-state index contributed by atoms with van der Waals surface area (Å²) < 4.78 is 0. The molecule has 1 unspecified atom stereocenters. The molecule has 1 aromatic rings. The number of nitrogens with zero attached hydrogens (tertiary/aromatic N) is 1. The predicted molar refractivity (Wildman–Crippen MR) is 75.3 cm³/mol. The Hall–Kier alpha value is -0.570. The quantitative estimate of drug-likeness (QED) is 0.844. The molecular formula is C14H23ClN2. The zero-order valence-corrected chi connectivity index (χ0v) is 11.8. The van der Waals surface area contributed by atoms with E-state index in [0.29, 0.717) is 0 Å². The van der Waals surface area contributed by atoms with Crippen molar-refractivity contribution in [2.75, 3.05) is 13.6 Å². The summed E-state index contributed by atoms with van der Waals surface area (Å²) in [5.41, 5.74) is 7.36. The third-order valence-electron chi connectivity index (χ3n) is 2.79. The first-order valence-corrected chi connectivity index (χ1v) is 6.52. The van der Waals surface area contributed by atoms with E-state index in [0.717, 1.165) is 31.0 Å². The highest BCUT2D eigenvalue weighted by Gasteiger charge is 2.19. The second-order valence-electron chi connectivity index (χ2n) is 5.21. The van der Waals surface area contributed by atoms with E-state index in [1.165, 1.54) is 5.56 Å². The van der Waals surface area contributed by atoms with Gasteiger partial charge < -0.3 is 10.6 Å². The molecule has 0 fully saturated rings. The Bertz CT molecular complexity index is 350. The van der Waals surface area contributed by atoms with Gasteiger partial charge in [-0.3, -0.25) is 0 Å². The van der Waals surface area contributed by atoms with E-state index in [1.54, 1.807) is 0 Å². The first kappa shape index (κ1) is 14.5. The van der Waals surface area contributed by atoms with Gasteiger partial charge in [0.2, 0.25) is 0 Å². The van der Waals surface area contributed by atoms with Gasteiger partial charge in [0.1, 0.15) is 0 Å². The van der Waals surface area contributed by atoms with E-state index in [-0.39, 0.29) is 5.54 Å². The molecule has 2 N–H and O–H groups in total. The van der Waals surface area contributed by atoms with E-state index in [2.05, 4.69) is 31.9 Å². The molecule has 1 aromatic carbocycles. The molecule has 0 aromatic heterocycles. The van der Waals surface area contributed by atoms with Gasteiger partial charge in [-0.15, -0.1) is 0 Å². The summed E-state index contributed by atoms with van der Waals surface area (Å²) >= 11 is 5.97. The molecule has 0 aliphatic carbocycles. The highest BCUT2D eigenvalue weighted by atomic mass is 35.5. The first-order chi connectivity index (χ1) is 7.93. The summed E-state index contributed by atoms with van der Waals surface area (Å²) in [4.78, 5) is 2.25. The summed E-state index contributed by atoms with van der Waals surface area (Å²) in [7, 11) is 2.10.